The van der Waals surface area contributed by atoms with E-state index in [0.717, 1.165) is 11.3 Å². The average Bonchev–Trinajstić information content (AvgIpc) is 3.28. The number of nitro groups is 1. The summed E-state index contributed by atoms with van der Waals surface area (Å²) in [5.41, 5.74) is 0.863. The highest BCUT2D eigenvalue weighted by Gasteiger charge is 2.26. The molecule has 1 aliphatic rings. The van der Waals surface area contributed by atoms with Gasteiger partial charge in [0.1, 0.15) is 5.56 Å². The van der Waals surface area contributed by atoms with E-state index < -0.39 is 20.9 Å². The molecule has 0 aliphatic carbocycles. The summed E-state index contributed by atoms with van der Waals surface area (Å²) in [5, 5.41) is 15.7. The van der Waals surface area contributed by atoms with Gasteiger partial charge < -0.3 is 4.74 Å². The minimum absolute atomic E-state index is 0.0630. The number of carbonyl (C=O) groups excluding carboxylic acids is 1. The van der Waals surface area contributed by atoms with Crippen LogP contribution in [0.3, 0.4) is 0 Å². The van der Waals surface area contributed by atoms with Crippen LogP contribution in [0.15, 0.2) is 58.8 Å². The first-order valence-electron chi connectivity index (χ1n) is 9.55. The van der Waals surface area contributed by atoms with Gasteiger partial charge in [-0.15, -0.1) is 11.3 Å². The van der Waals surface area contributed by atoms with E-state index in [1.165, 1.54) is 34.6 Å². The quantitative estimate of drug-likeness (QED) is 0.429. The molecule has 166 valence electrons. The van der Waals surface area contributed by atoms with Crippen molar-refractivity contribution in [2.24, 2.45) is 0 Å². The Balaban J connectivity index is 1.49. The van der Waals surface area contributed by atoms with Crippen molar-refractivity contribution in [2.45, 2.75) is 4.90 Å². The van der Waals surface area contributed by atoms with E-state index in [9.17, 15) is 23.3 Å². The molecule has 1 aromatic heterocycles. The lowest BCUT2D eigenvalue weighted by atomic mass is 10.1. The number of morpholine rings is 1. The van der Waals surface area contributed by atoms with E-state index in [-0.39, 0.29) is 21.3 Å². The van der Waals surface area contributed by atoms with Gasteiger partial charge in [0, 0.05) is 30.1 Å². The number of aromatic nitrogens is 1. The molecule has 3 aromatic rings. The van der Waals surface area contributed by atoms with Gasteiger partial charge in [-0.2, -0.15) is 4.31 Å². The van der Waals surface area contributed by atoms with Crippen LogP contribution in [0.2, 0.25) is 0 Å². The zero-order chi connectivity index (χ0) is 22.7. The van der Waals surface area contributed by atoms with Crippen LogP contribution in [0.4, 0.5) is 10.8 Å². The lowest BCUT2D eigenvalue weighted by molar-refractivity contribution is -0.385. The third-order valence-electron chi connectivity index (χ3n) is 4.83. The molecule has 0 unspecified atom stereocenters. The van der Waals surface area contributed by atoms with Gasteiger partial charge >= 0.3 is 0 Å². The van der Waals surface area contributed by atoms with Crippen molar-refractivity contribution < 1.29 is 22.9 Å². The van der Waals surface area contributed by atoms with Crippen molar-refractivity contribution in [3.05, 3.63) is 69.6 Å². The summed E-state index contributed by atoms with van der Waals surface area (Å²) in [6.07, 6.45) is 0. The molecule has 10 nitrogen and oxygen atoms in total. The summed E-state index contributed by atoms with van der Waals surface area (Å²) in [6.45, 7) is 1.38. The van der Waals surface area contributed by atoms with Crippen LogP contribution < -0.4 is 5.32 Å². The predicted molar refractivity (Wildman–Crippen MR) is 118 cm³/mol. The van der Waals surface area contributed by atoms with Crippen LogP contribution in [0.25, 0.3) is 11.3 Å². The Hall–Kier alpha value is -3.19. The maximum atomic E-state index is 12.7. The maximum absolute atomic E-state index is 12.7. The number of hydrogen-bond donors (Lipinski definition) is 1. The average molecular weight is 475 g/mol. The summed E-state index contributed by atoms with van der Waals surface area (Å²) in [7, 11) is -3.59. The Kier molecular flexibility index (Phi) is 6.28. The molecule has 32 heavy (non-hydrogen) atoms. The van der Waals surface area contributed by atoms with Gasteiger partial charge in [0.05, 0.1) is 28.7 Å². The number of carbonyl (C=O) groups is 1. The Labute approximate surface area is 187 Å². The molecule has 2 heterocycles. The molecule has 1 fully saturated rings. The fourth-order valence-electron chi connectivity index (χ4n) is 3.19. The molecule has 1 N–H and O–H groups in total. The topological polar surface area (TPSA) is 132 Å². The number of thiazole rings is 1. The molecule has 12 heteroatoms. The number of amides is 1. The van der Waals surface area contributed by atoms with E-state index in [2.05, 4.69) is 10.3 Å². The minimum atomic E-state index is -3.59. The van der Waals surface area contributed by atoms with Crippen molar-refractivity contribution in [2.75, 3.05) is 31.6 Å². The first kappa shape index (κ1) is 22.0. The number of hydrogen-bond acceptors (Lipinski definition) is 8. The number of sulfonamides is 1. The number of para-hydroxylation sites is 1. The Morgan fingerprint density at radius 1 is 1.12 bits per heavy atom. The summed E-state index contributed by atoms with van der Waals surface area (Å²) in [5.74, 6) is -0.634. The fourth-order valence-corrected chi connectivity index (χ4v) is 5.31. The number of rotatable bonds is 6. The summed E-state index contributed by atoms with van der Waals surface area (Å²) < 4.78 is 32.1. The number of nitrogens with zero attached hydrogens (tertiary/aromatic N) is 3. The zero-order valence-corrected chi connectivity index (χ0v) is 18.3. The highest BCUT2D eigenvalue weighted by atomic mass is 32.2. The van der Waals surface area contributed by atoms with Crippen LogP contribution in [-0.4, -0.2) is 54.8 Å². The maximum Gasteiger partial charge on any atom is 0.282 e. The molecule has 1 amide bonds. The first-order valence-corrected chi connectivity index (χ1v) is 11.9. The van der Waals surface area contributed by atoms with Gasteiger partial charge in [0.25, 0.3) is 11.6 Å². The van der Waals surface area contributed by atoms with Crippen LogP contribution >= 0.6 is 11.3 Å². The van der Waals surface area contributed by atoms with Crippen LogP contribution in [0.5, 0.6) is 0 Å². The summed E-state index contributed by atoms with van der Waals surface area (Å²) in [4.78, 5) is 27.5. The van der Waals surface area contributed by atoms with Crippen molar-refractivity contribution >= 4 is 38.1 Å². The van der Waals surface area contributed by atoms with Gasteiger partial charge in [0.15, 0.2) is 5.13 Å². The van der Waals surface area contributed by atoms with E-state index >= 15 is 0 Å². The standard InChI is InChI=1S/C20H18N4O6S2/c25-19(16-3-1-2-4-18(16)24(26)27)22-20-21-17(13-31-20)14-5-7-15(8-6-14)32(28,29)23-9-11-30-12-10-23/h1-8,13H,9-12H2,(H,21,22,25). The lowest BCUT2D eigenvalue weighted by Crippen LogP contribution is -2.40. The monoisotopic (exact) mass is 474 g/mol. The second-order valence-corrected chi connectivity index (χ2v) is 9.60. The molecule has 0 atom stereocenters. The number of nitrogens with one attached hydrogen (secondary N) is 1. The van der Waals surface area contributed by atoms with Gasteiger partial charge in [-0.1, -0.05) is 24.3 Å². The fraction of sp³-hybridized carbons (Fsp3) is 0.200. The van der Waals surface area contributed by atoms with E-state index in [4.69, 9.17) is 4.74 Å². The lowest BCUT2D eigenvalue weighted by Gasteiger charge is -2.26. The molecule has 2 aromatic carbocycles. The number of benzene rings is 2. The number of anilines is 1. The van der Waals surface area contributed by atoms with Crippen LogP contribution in [0, 0.1) is 10.1 Å². The van der Waals surface area contributed by atoms with E-state index in [1.807, 2.05) is 0 Å². The van der Waals surface area contributed by atoms with Gasteiger partial charge in [0.2, 0.25) is 10.0 Å². The highest BCUT2D eigenvalue weighted by Crippen LogP contribution is 2.28. The number of ether oxygens (including phenoxy) is 1. The normalized spacial score (nSPS) is 14.8. The SMILES string of the molecule is O=C(Nc1nc(-c2ccc(S(=O)(=O)N3CCOCC3)cc2)cs1)c1ccccc1[N+](=O)[O-]. The second kappa shape index (κ2) is 9.12. The van der Waals surface area contributed by atoms with E-state index in [1.54, 1.807) is 23.6 Å². The molecule has 1 aliphatic heterocycles. The van der Waals surface area contributed by atoms with Crippen molar-refractivity contribution in [3.8, 4) is 11.3 Å². The van der Waals surface area contributed by atoms with Crippen molar-refractivity contribution in [3.63, 3.8) is 0 Å². The van der Waals surface area contributed by atoms with Crippen LogP contribution in [0.1, 0.15) is 10.4 Å². The molecule has 1 saturated heterocycles. The number of nitro benzene ring substituents is 1. The summed E-state index contributed by atoms with van der Waals surface area (Å²) >= 11 is 1.16. The molecule has 4 rings (SSSR count). The predicted octanol–water partition coefficient (Wildman–Crippen LogP) is 2.99. The molecular weight excluding hydrogens is 456 g/mol. The van der Waals surface area contributed by atoms with E-state index in [0.29, 0.717) is 37.6 Å². The first-order chi connectivity index (χ1) is 15.4. The Morgan fingerprint density at radius 3 is 2.50 bits per heavy atom. The molecule has 0 radical (unpaired) electrons. The smallest absolute Gasteiger partial charge is 0.282 e. The zero-order valence-electron chi connectivity index (χ0n) is 16.6. The molecule has 0 bridgehead atoms. The largest absolute Gasteiger partial charge is 0.379 e. The molecule has 0 saturated carbocycles. The summed E-state index contributed by atoms with van der Waals surface area (Å²) in [6, 6.07) is 12.0. The molecule has 0 spiro atoms. The Morgan fingerprint density at radius 2 is 1.81 bits per heavy atom. The van der Waals surface area contributed by atoms with Gasteiger partial charge in [-0.05, 0) is 18.2 Å². The van der Waals surface area contributed by atoms with Crippen molar-refractivity contribution in [1.82, 2.24) is 9.29 Å². The Bertz CT molecular complexity index is 1250. The third kappa shape index (κ3) is 4.53. The second-order valence-electron chi connectivity index (χ2n) is 6.81. The van der Waals surface area contributed by atoms with Crippen LogP contribution in [-0.2, 0) is 14.8 Å². The highest BCUT2D eigenvalue weighted by molar-refractivity contribution is 7.89. The minimum Gasteiger partial charge on any atom is -0.379 e. The molecular formula is C20H18N4O6S2. The third-order valence-corrected chi connectivity index (χ3v) is 7.50. The van der Waals surface area contributed by atoms with Crippen molar-refractivity contribution in [1.29, 1.82) is 0 Å². The van der Waals surface area contributed by atoms with Gasteiger partial charge in [-0.3, -0.25) is 20.2 Å². The van der Waals surface area contributed by atoms with Gasteiger partial charge in [-0.25, -0.2) is 13.4 Å².